The van der Waals surface area contributed by atoms with E-state index in [1.807, 2.05) is 30.0 Å². The van der Waals surface area contributed by atoms with Crippen molar-refractivity contribution in [3.05, 3.63) is 40.9 Å². The topological polar surface area (TPSA) is 66.4 Å². The second kappa shape index (κ2) is 5.66. The quantitative estimate of drug-likeness (QED) is 0.838. The predicted octanol–water partition coefficient (Wildman–Crippen LogP) is 2.08. The van der Waals surface area contributed by atoms with Gasteiger partial charge in [-0.05, 0) is 42.9 Å². The van der Waals surface area contributed by atoms with Crippen molar-refractivity contribution in [2.45, 2.75) is 25.2 Å². The molecule has 2 amide bonds. The van der Waals surface area contributed by atoms with Crippen LogP contribution in [0.5, 0.6) is 0 Å². The van der Waals surface area contributed by atoms with E-state index in [-0.39, 0.29) is 11.8 Å². The van der Waals surface area contributed by atoms with E-state index in [9.17, 15) is 9.59 Å². The SMILES string of the molecule is CCN1C(=O)C2(CCN(C(=O)c3csnn3)CC2)c2ccccc21. The average molecular weight is 342 g/mol. The monoisotopic (exact) mass is 342 g/mol. The van der Waals surface area contributed by atoms with E-state index in [0.717, 1.165) is 11.3 Å². The number of carbonyl (C=O) groups is 2. The summed E-state index contributed by atoms with van der Waals surface area (Å²) in [5.41, 5.74) is 2.04. The zero-order valence-corrected chi connectivity index (χ0v) is 14.3. The highest BCUT2D eigenvalue weighted by atomic mass is 32.1. The lowest BCUT2D eigenvalue weighted by Crippen LogP contribution is -2.50. The number of amides is 2. The second-order valence-corrected chi connectivity index (χ2v) is 6.84. The maximum atomic E-state index is 13.1. The summed E-state index contributed by atoms with van der Waals surface area (Å²) in [6, 6.07) is 8.04. The smallest absolute Gasteiger partial charge is 0.275 e. The standard InChI is InChI=1S/C17H18N4O2S/c1-2-21-14-6-4-3-5-12(14)17(16(21)23)7-9-20(10-8-17)15(22)13-11-24-19-18-13/h3-6,11H,2,7-10H2,1H3. The molecule has 3 heterocycles. The fraction of sp³-hybridized carbons (Fsp3) is 0.412. The Morgan fingerprint density at radius 2 is 2.04 bits per heavy atom. The highest BCUT2D eigenvalue weighted by Crippen LogP contribution is 2.47. The third kappa shape index (κ3) is 2.07. The van der Waals surface area contributed by atoms with E-state index in [0.29, 0.717) is 38.2 Å². The molecule has 0 atom stereocenters. The number of fused-ring (bicyclic) bond motifs is 2. The van der Waals surface area contributed by atoms with Crippen LogP contribution in [0.2, 0.25) is 0 Å². The van der Waals surface area contributed by atoms with Gasteiger partial charge in [-0.1, -0.05) is 22.7 Å². The lowest BCUT2D eigenvalue weighted by molar-refractivity contribution is -0.124. The number of benzene rings is 1. The molecule has 0 saturated carbocycles. The van der Waals surface area contributed by atoms with Gasteiger partial charge in [0.25, 0.3) is 5.91 Å². The summed E-state index contributed by atoms with van der Waals surface area (Å²) >= 11 is 1.18. The van der Waals surface area contributed by atoms with Gasteiger partial charge in [0, 0.05) is 30.7 Å². The number of para-hydroxylation sites is 1. The molecule has 24 heavy (non-hydrogen) atoms. The zero-order valence-electron chi connectivity index (χ0n) is 13.4. The molecular formula is C17H18N4O2S. The molecule has 0 unspecified atom stereocenters. The summed E-state index contributed by atoms with van der Waals surface area (Å²) in [4.78, 5) is 29.2. The van der Waals surface area contributed by atoms with E-state index in [2.05, 4.69) is 15.7 Å². The van der Waals surface area contributed by atoms with Gasteiger partial charge in [-0.25, -0.2) is 0 Å². The van der Waals surface area contributed by atoms with Crippen LogP contribution in [0.1, 0.15) is 35.8 Å². The molecule has 2 aromatic rings. The molecule has 0 aliphatic carbocycles. The van der Waals surface area contributed by atoms with Gasteiger partial charge in [0.2, 0.25) is 5.91 Å². The van der Waals surface area contributed by atoms with Crippen LogP contribution >= 0.6 is 11.5 Å². The summed E-state index contributed by atoms with van der Waals surface area (Å²) in [5.74, 6) is 0.0818. The van der Waals surface area contributed by atoms with E-state index in [1.165, 1.54) is 11.5 Å². The zero-order chi connectivity index (χ0) is 16.7. The van der Waals surface area contributed by atoms with Crippen LogP contribution in [0.4, 0.5) is 5.69 Å². The molecular weight excluding hydrogens is 324 g/mol. The number of hydrogen-bond acceptors (Lipinski definition) is 5. The minimum Gasteiger partial charge on any atom is -0.337 e. The fourth-order valence-corrected chi connectivity index (χ4v) is 4.34. The van der Waals surface area contributed by atoms with Gasteiger partial charge >= 0.3 is 0 Å². The van der Waals surface area contributed by atoms with Crippen molar-refractivity contribution in [2.75, 3.05) is 24.5 Å². The number of rotatable bonds is 2. The van der Waals surface area contributed by atoms with Gasteiger partial charge in [-0.3, -0.25) is 9.59 Å². The van der Waals surface area contributed by atoms with Crippen molar-refractivity contribution in [1.29, 1.82) is 0 Å². The number of aromatic nitrogens is 2. The first-order valence-electron chi connectivity index (χ1n) is 8.15. The van der Waals surface area contributed by atoms with Crippen molar-refractivity contribution < 1.29 is 9.59 Å². The van der Waals surface area contributed by atoms with Gasteiger partial charge in [0.15, 0.2) is 5.69 Å². The Morgan fingerprint density at radius 3 is 2.71 bits per heavy atom. The molecule has 1 fully saturated rings. The van der Waals surface area contributed by atoms with E-state index in [4.69, 9.17) is 0 Å². The van der Waals surface area contributed by atoms with Crippen molar-refractivity contribution in [3.63, 3.8) is 0 Å². The fourth-order valence-electron chi connectivity index (χ4n) is 3.91. The molecule has 124 valence electrons. The van der Waals surface area contributed by atoms with Gasteiger partial charge in [0.05, 0.1) is 5.41 Å². The van der Waals surface area contributed by atoms with Crippen LogP contribution in [0, 0.1) is 0 Å². The van der Waals surface area contributed by atoms with Crippen LogP contribution in [-0.2, 0) is 10.2 Å². The summed E-state index contributed by atoms with van der Waals surface area (Å²) in [7, 11) is 0. The molecule has 2 aliphatic rings. The predicted molar refractivity (Wildman–Crippen MR) is 91.2 cm³/mol. The average Bonchev–Trinajstić information content (AvgIpc) is 3.23. The first-order chi connectivity index (χ1) is 11.7. The number of hydrogen-bond donors (Lipinski definition) is 0. The van der Waals surface area contributed by atoms with Gasteiger partial charge in [-0.2, -0.15) is 0 Å². The third-order valence-corrected chi connectivity index (χ3v) is 5.67. The Kier molecular flexibility index (Phi) is 3.60. The van der Waals surface area contributed by atoms with Crippen LogP contribution in [0.3, 0.4) is 0 Å². The largest absolute Gasteiger partial charge is 0.337 e. The molecule has 1 aromatic heterocycles. The van der Waals surface area contributed by atoms with Crippen LogP contribution < -0.4 is 4.90 Å². The highest BCUT2D eigenvalue weighted by molar-refractivity contribution is 7.03. The number of anilines is 1. The minimum atomic E-state index is -0.482. The lowest BCUT2D eigenvalue weighted by atomic mass is 9.73. The molecule has 0 N–H and O–H groups in total. The minimum absolute atomic E-state index is 0.0929. The van der Waals surface area contributed by atoms with E-state index >= 15 is 0 Å². The molecule has 0 bridgehead atoms. The second-order valence-electron chi connectivity index (χ2n) is 6.23. The summed E-state index contributed by atoms with van der Waals surface area (Å²) in [6.07, 6.45) is 1.31. The maximum absolute atomic E-state index is 13.1. The highest BCUT2D eigenvalue weighted by Gasteiger charge is 2.51. The molecule has 4 rings (SSSR count). The van der Waals surface area contributed by atoms with Gasteiger partial charge in [0.1, 0.15) is 0 Å². The number of likely N-dealkylation sites (tertiary alicyclic amines) is 1. The first kappa shape index (κ1) is 15.3. The summed E-state index contributed by atoms with van der Waals surface area (Å²) < 4.78 is 3.76. The number of piperidine rings is 1. The summed E-state index contributed by atoms with van der Waals surface area (Å²) in [6.45, 7) is 3.80. The number of nitrogens with zero attached hydrogens (tertiary/aromatic N) is 4. The lowest BCUT2D eigenvalue weighted by Gasteiger charge is -2.38. The van der Waals surface area contributed by atoms with Crippen molar-refractivity contribution in [3.8, 4) is 0 Å². The first-order valence-corrected chi connectivity index (χ1v) is 8.99. The molecule has 0 radical (unpaired) electrons. The van der Waals surface area contributed by atoms with Crippen molar-refractivity contribution in [1.82, 2.24) is 14.5 Å². The maximum Gasteiger partial charge on any atom is 0.275 e. The van der Waals surface area contributed by atoms with Crippen LogP contribution in [0.25, 0.3) is 0 Å². The third-order valence-electron chi connectivity index (χ3n) is 5.16. The Balaban J connectivity index is 1.60. The van der Waals surface area contributed by atoms with Crippen LogP contribution in [-0.4, -0.2) is 45.9 Å². The van der Waals surface area contributed by atoms with E-state index in [1.54, 1.807) is 10.3 Å². The Hall–Kier alpha value is -2.28. The van der Waals surface area contributed by atoms with E-state index < -0.39 is 5.41 Å². The van der Waals surface area contributed by atoms with Gasteiger partial charge in [-0.15, -0.1) is 5.10 Å². The van der Waals surface area contributed by atoms with Crippen molar-refractivity contribution >= 4 is 29.0 Å². The van der Waals surface area contributed by atoms with Gasteiger partial charge < -0.3 is 9.80 Å². The molecule has 2 aliphatic heterocycles. The number of carbonyl (C=O) groups excluding carboxylic acids is 2. The molecule has 1 saturated heterocycles. The molecule has 1 aromatic carbocycles. The summed E-state index contributed by atoms with van der Waals surface area (Å²) in [5, 5.41) is 5.53. The Labute approximate surface area is 144 Å². The molecule has 6 nitrogen and oxygen atoms in total. The molecule has 1 spiro atoms. The Bertz CT molecular complexity index is 782. The Morgan fingerprint density at radius 1 is 1.29 bits per heavy atom. The molecule has 7 heteroatoms. The number of likely N-dealkylation sites (N-methyl/N-ethyl adjacent to an activating group) is 1. The van der Waals surface area contributed by atoms with Crippen LogP contribution in [0.15, 0.2) is 29.6 Å². The van der Waals surface area contributed by atoms with Crippen molar-refractivity contribution in [2.24, 2.45) is 0 Å². The normalized spacial score (nSPS) is 19.0.